The van der Waals surface area contributed by atoms with E-state index in [9.17, 15) is 4.79 Å². The van der Waals surface area contributed by atoms with Crippen LogP contribution in [0.4, 0.5) is 0 Å². The number of pyridine rings is 1. The second-order valence-electron chi connectivity index (χ2n) is 6.86. The maximum absolute atomic E-state index is 12.9. The van der Waals surface area contributed by atoms with Gasteiger partial charge in [-0.3, -0.25) is 9.78 Å². The van der Waals surface area contributed by atoms with Gasteiger partial charge in [0, 0.05) is 43.1 Å². The zero-order chi connectivity index (χ0) is 17.9. The predicted molar refractivity (Wildman–Crippen MR) is 101 cm³/mol. The van der Waals surface area contributed by atoms with Gasteiger partial charge in [0.1, 0.15) is 11.9 Å². The summed E-state index contributed by atoms with van der Waals surface area (Å²) in [7, 11) is 2.02. The molecule has 1 aliphatic heterocycles. The lowest BCUT2D eigenvalue weighted by molar-refractivity contribution is -0.133. The number of rotatable bonds is 4. The largest absolute Gasteiger partial charge is 0.488 e. The maximum Gasteiger partial charge on any atom is 0.227 e. The van der Waals surface area contributed by atoms with Gasteiger partial charge in [0.2, 0.25) is 5.91 Å². The monoisotopic (exact) mass is 349 g/mol. The number of benzene rings is 1. The summed E-state index contributed by atoms with van der Waals surface area (Å²) in [5.41, 5.74) is 2.25. The average molecular weight is 349 g/mol. The lowest BCUT2D eigenvalue weighted by Gasteiger charge is -2.33. The number of piperidine rings is 1. The molecule has 26 heavy (non-hydrogen) atoms. The van der Waals surface area contributed by atoms with Crippen molar-refractivity contribution in [3.63, 3.8) is 0 Å². The van der Waals surface area contributed by atoms with E-state index in [0.717, 1.165) is 41.6 Å². The van der Waals surface area contributed by atoms with Crippen molar-refractivity contribution in [2.75, 3.05) is 13.1 Å². The van der Waals surface area contributed by atoms with E-state index in [1.165, 1.54) is 0 Å². The van der Waals surface area contributed by atoms with Crippen molar-refractivity contribution in [1.82, 2.24) is 14.5 Å². The molecule has 1 saturated heterocycles. The molecule has 0 unspecified atom stereocenters. The number of nitrogens with zero attached hydrogens (tertiary/aromatic N) is 3. The Morgan fingerprint density at radius 3 is 2.88 bits per heavy atom. The highest BCUT2D eigenvalue weighted by atomic mass is 16.5. The molecule has 2 aromatic heterocycles. The second-order valence-corrected chi connectivity index (χ2v) is 6.86. The van der Waals surface area contributed by atoms with Crippen LogP contribution in [0.5, 0.6) is 5.75 Å². The summed E-state index contributed by atoms with van der Waals surface area (Å²) >= 11 is 0. The number of hydrogen-bond donors (Lipinski definition) is 0. The van der Waals surface area contributed by atoms with Crippen LogP contribution in [0.25, 0.3) is 10.9 Å². The molecule has 0 aliphatic carbocycles. The minimum Gasteiger partial charge on any atom is -0.488 e. The van der Waals surface area contributed by atoms with Crippen LogP contribution < -0.4 is 4.74 Å². The number of carbonyl (C=O) groups excluding carboxylic acids is 1. The SMILES string of the molecule is Cn1cc(CC(=O)N2CCC[C@H](Oc3ccncc3)C2)c2ccccc21. The normalized spacial score (nSPS) is 17.4. The highest BCUT2D eigenvalue weighted by molar-refractivity contribution is 5.89. The van der Waals surface area contributed by atoms with Crippen LogP contribution in [0, 0.1) is 0 Å². The number of amides is 1. The molecular formula is C21H23N3O2. The Morgan fingerprint density at radius 1 is 1.23 bits per heavy atom. The quantitative estimate of drug-likeness (QED) is 0.727. The van der Waals surface area contributed by atoms with Crippen molar-refractivity contribution >= 4 is 16.8 Å². The third kappa shape index (κ3) is 3.43. The molecule has 1 fully saturated rings. The van der Waals surface area contributed by atoms with Crippen LogP contribution in [0.3, 0.4) is 0 Å². The van der Waals surface area contributed by atoms with E-state index in [4.69, 9.17) is 4.74 Å². The molecule has 3 aromatic rings. The standard InChI is InChI=1S/C21H23N3O2/c1-23-14-16(19-6-2-3-7-20(19)23)13-21(25)24-12-4-5-18(15-24)26-17-8-10-22-11-9-17/h2-3,6-11,14,18H,4-5,12-13,15H2,1H3/t18-/m0/s1. The number of ether oxygens (including phenoxy) is 1. The van der Waals surface area contributed by atoms with Gasteiger partial charge in [-0.15, -0.1) is 0 Å². The summed E-state index contributed by atoms with van der Waals surface area (Å²) < 4.78 is 8.11. The van der Waals surface area contributed by atoms with E-state index in [1.807, 2.05) is 36.2 Å². The number of para-hydroxylation sites is 1. The second kappa shape index (κ2) is 7.20. The van der Waals surface area contributed by atoms with Crippen molar-refractivity contribution in [2.45, 2.75) is 25.4 Å². The van der Waals surface area contributed by atoms with Gasteiger partial charge < -0.3 is 14.2 Å². The zero-order valence-electron chi connectivity index (χ0n) is 15.0. The lowest BCUT2D eigenvalue weighted by Crippen LogP contribution is -2.45. The highest BCUT2D eigenvalue weighted by Crippen LogP contribution is 2.23. The molecule has 0 spiro atoms. The predicted octanol–water partition coefficient (Wildman–Crippen LogP) is 3.19. The van der Waals surface area contributed by atoms with Crippen LogP contribution >= 0.6 is 0 Å². The lowest BCUT2D eigenvalue weighted by atomic mass is 10.1. The average Bonchev–Trinajstić information content (AvgIpc) is 2.99. The number of aromatic nitrogens is 2. The summed E-state index contributed by atoms with van der Waals surface area (Å²) in [5, 5.41) is 1.16. The first-order valence-corrected chi connectivity index (χ1v) is 9.08. The van der Waals surface area contributed by atoms with Crippen LogP contribution in [-0.2, 0) is 18.3 Å². The van der Waals surface area contributed by atoms with Crippen LogP contribution in [0.2, 0.25) is 0 Å². The van der Waals surface area contributed by atoms with E-state index in [1.54, 1.807) is 12.4 Å². The van der Waals surface area contributed by atoms with Gasteiger partial charge in [-0.25, -0.2) is 0 Å². The van der Waals surface area contributed by atoms with E-state index >= 15 is 0 Å². The number of likely N-dealkylation sites (tertiary alicyclic amines) is 1. The van der Waals surface area contributed by atoms with Gasteiger partial charge in [0.25, 0.3) is 0 Å². The summed E-state index contributed by atoms with van der Waals surface area (Å²) in [6, 6.07) is 11.9. The minimum atomic E-state index is 0.0441. The Hall–Kier alpha value is -2.82. The van der Waals surface area contributed by atoms with Crippen molar-refractivity contribution in [2.24, 2.45) is 7.05 Å². The Balaban J connectivity index is 1.44. The van der Waals surface area contributed by atoms with Crippen LogP contribution in [-0.4, -0.2) is 39.6 Å². The zero-order valence-corrected chi connectivity index (χ0v) is 15.0. The fourth-order valence-corrected chi connectivity index (χ4v) is 3.71. The molecule has 5 heteroatoms. The first-order chi connectivity index (χ1) is 12.7. The fraction of sp³-hybridized carbons (Fsp3) is 0.333. The third-order valence-corrected chi connectivity index (χ3v) is 5.00. The van der Waals surface area contributed by atoms with Gasteiger partial charge >= 0.3 is 0 Å². The molecule has 134 valence electrons. The van der Waals surface area contributed by atoms with Gasteiger partial charge in [-0.2, -0.15) is 0 Å². The molecule has 4 rings (SSSR count). The van der Waals surface area contributed by atoms with Gasteiger partial charge in [0.05, 0.1) is 13.0 Å². The van der Waals surface area contributed by atoms with Gasteiger partial charge in [-0.1, -0.05) is 18.2 Å². The topological polar surface area (TPSA) is 47.4 Å². The maximum atomic E-state index is 12.9. The molecule has 3 heterocycles. The summed E-state index contributed by atoms with van der Waals surface area (Å²) in [4.78, 5) is 18.8. The Kier molecular flexibility index (Phi) is 4.61. The molecule has 1 amide bonds. The molecule has 0 saturated carbocycles. The summed E-state index contributed by atoms with van der Waals surface area (Å²) in [5.74, 6) is 0.984. The number of carbonyl (C=O) groups is 1. The number of aryl methyl sites for hydroxylation is 1. The van der Waals surface area contributed by atoms with Crippen LogP contribution in [0.1, 0.15) is 18.4 Å². The van der Waals surface area contributed by atoms with Gasteiger partial charge in [0.15, 0.2) is 0 Å². The third-order valence-electron chi connectivity index (χ3n) is 5.00. The molecular weight excluding hydrogens is 326 g/mol. The molecule has 0 bridgehead atoms. The van der Waals surface area contributed by atoms with E-state index in [0.29, 0.717) is 13.0 Å². The van der Waals surface area contributed by atoms with E-state index in [-0.39, 0.29) is 12.0 Å². The number of fused-ring (bicyclic) bond motifs is 1. The van der Waals surface area contributed by atoms with Crippen molar-refractivity contribution in [3.05, 3.63) is 60.6 Å². The summed E-state index contributed by atoms with van der Waals surface area (Å²) in [6.07, 6.45) is 7.93. The van der Waals surface area contributed by atoms with Crippen LogP contribution in [0.15, 0.2) is 55.0 Å². The molecule has 1 atom stereocenters. The van der Waals surface area contributed by atoms with E-state index < -0.39 is 0 Å². The smallest absolute Gasteiger partial charge is 0.227 e. The number of hydrogen-bond acceptors (Lipinski definition) is 3. The van der Waals surface area contributed by atoms with Gasteiger partial charge in [-0.05, 0) is 36.6 Å². The Bertz CT molecular complexity index is 904. The molecule has 5 nitrogen and oxygen atoms in total. The van der Waals surface area contributed by atoms with E-state index in [2.05, 4.69) is 27.9 Å². The Labute approximate surface area is 153 Å². The minimum absolute atomic E-state index is 0.0441. The van der Waals surface area contributed by atoms with Crippen molar-refractivity contribution in [3.8, 4) is 5.75 Å². The first-order valence-electron chi connectivity index (χ1n) is 9.08. The molecule has 0 N–H and O–H groups in total. The molecule has 1 aliphatic rings. The fourth-order valence-electron chi connectivity index (χ4n) is 3.71. The van der Waals surface area contributed by atoms with Crippen molar-refractivity contribution < 1.29 is 9.53 Å². The Morgan fingerprint density at radius 2 is 2.04 bits per heavy atom. The summed E-state index contributed by atoms with van der Waals surface area (Å²) in [6.45, 7) is 1.45. The van der Waals surface area contributed by atoms with Crippen molar-refractivity contribution in [1.29, 1.82) is 0 Å². The molecule has 1 aromatic carbocycles. The molecule has 0 radical (unpaired) electrons. The highest BCUT2D eigenvalue weighted by Gasteiger charge is 2.25. The first kappa shape index (κ1) is 16.6.